The van der Waals surface area contributed by atoms with Gasteiger partial charge in [-0.1, -0.05) is 29.5 Å². The molecule has 3 aromatic rings. The third kappa shape index (κ3) is 2.56. The van der Waals surface area contributed by atoms with E-state index in [0.717, 1.165) is 30.8 Å². The van der Waals surface area contributed by atoms with Gasteiger partial charge in [-0.3, -0.25) is 9.78 Å². The summed E-state index contributed by atoms with van der Waals surface area (Å²) in [6, 6.07) is 15.4. The highest BCUT2D eigenvalue weighted by atomic mass is 16.2. The monoisotopic (exact) mass is 319 g/mol. The molecule has 6 nitrogen and oxygen atoms in total. The van der Waals surface area contributed by atoms with Crippen molar-refractivity contribution in [2.75, 3.05) is 6.54 Å². The van der Waals surface area contributed by atoms with Crippen LogP contribution in [0, 0.1) is 0 Å². The number of aromatic nitrogens is 4. The van der Waals surface area contributed by atoms with Gasteiger partial charge in [0, 0.05) is 12.7 Å². The fourth-order valence-electron chi connectivity index (χ4n) is 3.18. The molecule has 1 saturated heterocycles. The Bertz CT molecular complexity index is 831. The summed E-state index contributed by atoms with van der Waals surface area (Å²) in [6.07, 6.45) is 5.20. The third-order valence-electron chi connectivity index (χ3n) is 4.31. The number of hydrogen-bond donors (Lipinski definition) is 0. The molecule has 6 heteroatoms. The molecule has 0 aliphatic carbocycles. The molecule has 4 rings (SSSR count). The number of pyridine rings is 1. The number of hydrogen-bond acceptors (Lipinski definition) is 4. The lowest BCUT2D eigenvalue weighted by Crippen LogP contribution is -2.32. The van der Waals surface area contributed by atoms with Gasteiger partial charge in [-0.05, 0) is 37.1 Å². The fraction of sp³-hybridized carbons (Fsp3) is 0.222. The van der Waals surface area contributed by atoms with Crippen LogP contribution in [0.1, 0.15) is 35.1 Å². The molecule has 0 radical (unpaired) electrons. The molecule has 3 heterocycles. The van der Waals surface area contributed by atoms with Crippen molar-refractivity contribution in [1.29, 1.82) is 0 Å². The van der Waals surface area contributed by atoms with E-state index < -0.39 is 0 Å². The quantitative estimate of drug-likeness (QED) is 0.744. The summed E-state index contributed by atoms with van der Waals surface area (Å²) >= 11 is 0. The van der Waals surface area contributed by atoms with Crippen LogP contribution in [0.3, 0.4) is 0 Å². The minimum Gasteiger partial charge on any atom is -0.329 e. The zero-order valence-corrected chi connectivity index (χ0v) is 13.1. The first-order valence-corrected chi connectivity index (χ1v) is 8.02. The summed E-state index contributed by atoms with van der Waals surface area (Å²) in [5, 5.41) is 8.02. The molecule has 1 fully saturated rings. The van der Waals surface area contributed by atoms with Gasteiger partial charge < -0.3 is 4.90 Å². The second-order valence-electron chi connectivity index (χ2n) is 5.78. The molecule has 1 aromatic carbocycles. The van der Waals surface area contributed by atoms with Crippen LogP contribution in [0.15, 0.2) is 60.9 Å². The number of nitrogens with zero attached hydrogens (tertiary/aromatic N) is 5. The summed E-state index contributed by atoms with van der Waals surface area (Å²) in [7, 11) is 0. The minimum absolute atomic E-state index is 0.0119. The van der Waals surface area contributed by atoms with E-state index in [0.29, 0.717) is 5.69 Å². The average Bonchev–Trinajstić information content (AvgIpc) is 3.32. The molecular weight excluding hydrogens is 302 g/mol. The summed E-state index contributed by atoms with van der Waals surface area (Å²) in [5.41, 5.74) is 2.23. The van der Waals surface area contributed by atoms with Gasteiger partial charge in [-0.2, -0.15) is 0 Å². The van der Waals surface area contributed by atoms with E-state index in [1.54, 1.807) is 10.9 Å². The SMILES string of the molecule is O=C(c1cnnn1-c1ccccc1)N1CCC[C@H]1c1ccccn1. The standard InChI is InChI=1S/C18H17N5O/c24-18(17-13-20-21-23(17)14-7-2-1-3-8-14)22-12-6-10-16(22)15-9-4-5-11-19-15/h1-5,7-9,11,13,16H,6,10,12H2/t16-/m0/s1. The second kappa shape index (κ2) is 6.23. The molecule has 1 aliphatic rings. The first kappa shape index (κ1) is 14.6. The third-order valence-corrected chi connectivity index (χ3v) is 4.31. The van der Waals surface area contributed by atoms with Gasteiger partial charge in [0.05, 0.1) is 23.6 Å². The molecule has 1 aliphatic heterocycles. The number of amides is 1. The highest BCUT2D eigenvalue weighted by Crippen LogP contribution is 2.32. The predicted octanol–water partition coefficient (Wildman–Crippen LogP) is 2.64. The van der Waals surface area contributed by atoms with Crippen molar-refractivity contribution >= 4 is 5.91 Å². The van der Waals surface area contributed by atoms with Gasteiger partial charge in [-0.25, -0.2) is 4.68 Å². The molecule has 0 saturated carbocycles. The van der Waals surface area contributed by atoms with Gasteiger partial charge in [0.2, 0.25) is 0 Å². The second-order valence-corrected chi connectivity index (χ2v) is 5.78. The van der Waals surface area contributed by atoms with E-state index in [2.05, 4.69) is 15.3 Å². The highest BCUT2D eigenvalue weighted by Gasteiger charge is 2.33. The van der Waals surface area contributed by atoms with Crippen molar-refractivity contribution in [3.8, 4) is 5.69 Å². The summed E-state index contributed by atoms with van der Waals surface area (Å²) in [5.74, 6) is -0.0583. The van der Waals surface area contributed by atoms with Crippen molar-refractivity contribution in [1.82, 2.24) is 24.9 Å². The van der Waals surface area contributed by atoms with Crippen molar-refractivity contribution in [2.45, 2.75) is 18.9 Å². The van der Waals surface area contributed by atoms with E-state index in [9.17, 15) is 4.79 Å². The summed E-state index contributed by atoms with van der Waals surface area (Å²) in [4.78, 5) is 19.4. The first-order valence-electron chi connectivity index (χ1n) is 8.02. The number of rotatable bonds is 3. The molecule has 0 unspecified atom stereocenters. The van der Waals surface area contributed by atoms with E-state index in [1.807, 2.05) is 53.4 Å². The molecule has 0 N–H and O–H groups in total. The largest absolute Gasteiger partial charge is 0.329 e. The van der Waals surface area contributed by atoms with E-state index in [-0.39, 0.29) is 11.9 Å². The molecule has 1 amide bonds. The Kier molecular flexibility index (Phi) is 3.78. The zero-order valence-electron chi connectivity index (χ0n) is 13.1. The Morgan fingerprint density at radius 2 is 1.92 bits per heavy atom. The van der Waals surface area contributed by atoms with Crippen LogP contribution >= 0.6 is 0 Å². The van der Waals surface area contributed by atoms with Crippen LogP contribution in [-0.2, 0) is 0 Å². The molecule has 120 valence electrons. The lowest BCUT2D eigenvalue weighted by Gasteiger charge is -2.24. The van der Waals surface area contributed by atoms with Crippen molar-refractivity contribution < 1.29 is 4.79 Å². The molecule has 2 aromatic heterocycles. The highest BCUT2D eigenvalue weighted by molar-refractivity contribution is 5.93. The maximum Gasteiger partial charge on any atom is 0.274 e. The Hall–Kier alpha value is -3.02. The fourth-order valence-corrected chi connectivity index (χ4v) is 3.18. The summed E-state index contributed by atoms with van der Waals surface area (Å²) < 4.78 is 1.59. The number of carbonyl (C=O) groups is 1. The van der Waals surface area contributed by atoms with Crippen LogP contribution < -0.4 is 0 Å². The normalized spacial score (nSPS) is 17.2. The number of para-hydroxylation sites is 1. The predicted molar refractivity (Wildman–Crippen MR) is 88.6 cm³/mol. The topological polar surface area (TPSA) is 63.9 Å². The maximum atomic E-state index is 13.1. The lowest BCUT2D eigenvalue weighted by molar-refractivity contribution is 0.0723. The van der Waals surface area contributed by atoms with Crippen LogP contribution in [0.25, 0.3) is 5.69 Å². The van der Waals surface area contributed by atoms with Gasteiger partial charge >= 0.3 is 0 Å². The van der Waals surface area contributed by atoms with Crippen LogP contribution in [0.5, 0.6) is 0 Å². The van der Waals surface area contributed by atoms with Gasteiger partial charge in [0.25, 0.3) is 5.91 Å². The average molecular weight is 319 g/mol. The van der Waals surface area contributed by atoms with Crippen LogP contribution in [0.4, 0.5) is 0 Å². The Balaban J connectivity index is 1.66. The molecule has 24 heavy (non-hydrogen) atoms. The molecule has 0 bridgehead atoms. The van der Waals surface area contributed by atoms with E-state index in [1.165, 1.54) is 6.20 Å². The summed E-state index contributed by atoms with van der Waals surface area (Å²) in [6.45, 7) is 0.722. The Morgan fingerprint density at radius 3 is 2.71 bits per heavy atom. The van der Waals surface area contributed by atoms with E-state index >= 15 is 0 Å². The van der Waals surface area contributed by atoms with Crippen LogP contribution in [0.2, 0.25) is 0 Å². The molecular formula is C18H17N5O. The lowest BCUT2D eigenvalue weighted by atomic mass is 10.1. The Morgan fingerprint density at radius 1 is 1.08 bits per heavy atom. The number of carbonyl (C=O) groups excluding carboxylic acids is 1. The Labute approximate surface area is 139 Å². The van der Waals surface area contributed by atoms with Crippen LogP contribution in [-0.4, -0.2) is 37.3 Å². The molecule has 1 atom stereocenters. The van der Waals surface area contributed by atoms with E-state index in [4.69, 9.17) is 0 Å². The number of benzene rings is 1. The molecule has 0 spiro atoms. The van der Waals surface area contributed by atoms with Gasteiger partial charge in [0.15, 0.2) is 5.69 Å². The van der Waals surface area contributed by atoms with Crippen molar-refractivity contribution in [3.63, 3.8) is 0 Å². The first-order chi connectivity index (χ1) is 11.8. The van der Waals surface area contributed by atoms with Crippen molar-refractivity contribution in [3.05, 3.63) is 72.3 Å². The van der Waals surface area contributed by atoms with Gasteiger partial charge in [0.1, 0.15) is 0 Å². The van der Waals surface area contributed by atoms with Crippen molar-refractivity contribution in [2.24, 2.45) is 0 Å². The number of likely N-dealkylation sites (tertiary alicyclic amines) is 1. The maximum absolute atomic E-state index is 13.1. The minimum atomic E-state index is -0.0583. The smallest absolute Gasteiger partial charge is 0.274 e. The zero-order chi connectivity index (χ0) is 16.4. The van der Waals surface area contributed by atoms with Gasteiger partial charge in [-0.15, -0.1) is 5.10 Å².